The molecule has 1 heterocycles. The normalized spacial score (nSPS) is 25.2. The van der Waals surface area contributed by atoms with Crippen LogP contribution in [0.15, 0.2) is 0 Å². The second kappa shape index (κ2) is 5.61. The molecular formula is C15H26N2O2. The Bertz CT molecular complexity index is 357. The van der Waals surface area contributed by atoms with Crippen molar-refractivity contribution in [1.29, 1.82) is 0 Å². The number of nitrogens with zero attached hydrogens (tertiary/aromatic N) is 1. The molecule has 2 fully saturated rings. The third-order valence-electron chi connectivity index (χ3n) is 4.83. The number of hydrogen-bond acceptors (Lipinski definition) is 3. The summed E-state index contributed by atoms with van der Waals surface area (Å²) < 4.78 is 0. The van der Waals surface area contributed by atoms with Gasteiger partial charge in [0.25, 0.3) is 0 Å². The van der Waals surface area contributed by atoms with Gasteiger partial charge in [-0.3, -0.25) is 14.5 Å². The second-order valence-electron chi connectivity index (χ2n) is 6.49. The van der Waals surface area contributed by atoms with E-state index in [1.54, 1.807) is 0 Å². The molecule has 0 bridgehead atoms. The van der Waals surface area contributed by atoms with E-state index < -0.39 is 5.41 Å². The number of carbonyl (C=O) groups excluding carboxylic acids is 2. The van der Waals surface area contributed by atoms with E-state index in [2.05, 4.69) is 0 Å². The van der Waals surface area contributed by atoms with Gasteiger partial charge in [0.15, 0.2) is 0 Å². The van der Waals surface area contributed by atoms with Gasteiger partial charge in [-0.25, -0.2) is 0 Å². The van der Waals surface area contributed by atoms with Gasteiger partial charge in [-0.15, -0.1) is 0 Å². The number of hydrogen-bond donors (Lipinski definition) is 1. The minimum Gasteiger partial charge on any atom is -0.328 e. The summed E-state index contributed by atoms with van der Waals surface area (Å²) in [6, 6.07) is -0.136. The van der Waals surface area contributed by atoms with Gasteiger partial charge in [0.1, 0.15) is 0 Å². The van der Waals surface area contributed by atoms with E-state index in [0.717, 1.165) is 25.7 Å². The second-order valence-corrected chi connectivity index (χ2v) is 6.49. The lowest BCUT2D eigenvalue weighted by Crippen LogP contribution is -2.48. The van der Waals surface area contributed by atoms with Crippen LogP contribution in [0, 0.1) is 11.3 Å². The Morgan fingerprint density at radius 3 is 2.21 bits per heavy atom. The molecule has 0 aromatic heterocycles. The van der Waals surface area contributed by atoms with Crippen molar-refractivity contribution in [3.8, 4) is 0 Å². The Labute approximate surface area is 115 Å². The maximum Gasteiger partial charge on any atom is 0.236 e. The Balaban J connectivity index is 2.24. The van der Waals surface area contributed by atoms with Crippen LogP contribution in [0.3, 0.4) is 0 Å². The molecule has 2 rings (SSSR count). The van der Waals surface area contributed by atoms with Crippen molar-refractivity contribution in [2.24, 2.45) is 17.1 Å². The number of carbonyl (C=O) groups is 2. The molecule has 1 unspecified atom stereocenters. The molecule has 2 amide bonds. The monoisotopic (exact) mass is 266 g/mol. The van der Waals surface area contributed by atoms with Crippen molar-refractivity contribution < 1.29 is 9.59 Å². The van der Waals surface area contributed by atoms with Crippen LogP contribution >= 0.6 is 0 Å². The van der Waals surface area contributed by atoms with Gasteiger partial charge < -0.3 is 5.73 Å². The minimum atomic E-state index is -0.393. The lowest BCUT2D eigenvalue weighted by atomic mass is 9.79. The van der Waals surface area contributed by atoms with Crippen LogP contribution < -0.4 is 5.73 Å². The Kier molecular flexibility index (Phi) is 4.29. The van der Waals surface area contributed by atoms with Crippen LogP contribution in [0.2, 0.25) is 0 Å². The van der Waals surface area contributed by atoms with Crippen LogP contribution in [-0.4, -0.2) is 29.3 Å². The van der Waals surface area contributed by atoms with Gasteiger partial charge in [0.05, 0.1) is 11.5 Å². The van der Waals surface area contributed by atoms with Crippen molar-refractivity contribution in [1.82, 2.24) is 4.90 Å². The first kappa shape index (κ1) is 14.5. The van der Waals surface area contributed by atoms with Crippen LogP contribution in [0.1, 0.15) is 58.8 Å². The number of likely N-dealkylation sites (tertiary alicyclic amines) is 1. The summed E-state index contributed by atoms with van der Waals surface area (Å²) in [5, 5.41) is 0. The van der Waals surface area contributed by atoms with E-state index in [0.29, 0.717) is 13.0 Å². The molecule has 108 valence electrons. The molecule has 1 aliphatic carbocycles. The largest absolute Gasteiger partial charge is 0.328 e. The van der Waals surface area contributed by atoms with E-state index in [9.17, 15) is 9.59 Å². The SMILES string of the molecule is CC(C)C(CN)N1C(=O)CC2(CCCCCC2)C1=O. The topological polar surface area (TPSA) is 63.4 Å². The minimum absolute atomic E-state index is 0.00366. The van der Waals surface area contributed by atoms with Crippen molar-refractivity contribution in [3.63, 3.8) is 0 Å². The summed E-state index contributed by atoms with van der Waals surface area (Å²) in [4.78, 5) is 26.6. The number of imide groups is 1. The Morgan fingerprint density at radius 1 is 1.16 bits per heavy atom. The van der Waals surface area contributed by atoms with Crippen molar-refractivity contribution in [2.75, 3.05) is 6.54 Å². The standard InChI is InChI=1S/C15H26N2O2/c1-11(2)12(10-16)17-13(18)9-15(14(17)19)7-5-3-4-6-8-15/h11-12H,3-10,16H2,1-2H3. The molecule has 1 saturated heterocycles. The first-order valence-corrected chi connectivity index (χ1v) is 7.58. The van der Waals surface area contributed by atoms with Crippen LogP contribution in [0.4, 0.5) is 0 Å². The summed E-state index contributed by atoms with van der Waals surface area (Å²) in [5.74, 6) is 0.276. The average molecular weight is 266 g/mol. The maximum atomic E-state index is 12.8. The maximum absolute atomic E-state index is 12.8. The highest BCUT2D eigenvalue weighted by molar-refractivity contribution is 6.06. The smallest absolute Gasteiger partial charge is 0.236 e. The van der Waals surface area contributed by atoms with Gasteiger partial charge in [-0.05, 0) is 18.8 Å². The first-order valence-electron chi connectivity index (χ1n) is 7.58. The molecule has 1 atom stereocenters. The summed E-state index contributed by atoms with van der Waals surface area (Å²) >= 11 is 0. The first-order chi connectivity index (χ1) is 9.02. The van der Waals surface area contributed by atoms with Gasteiger partial charge >= 0.3 is 0 Å². The number of rotatable bonds is 3. The van der Waals surface area contributed by atoms with E-state index in [1.165, 1.54) is 17.7 Å². The highest BCUT2D eigenvalue weighted by Gasteiger charge is 2.52. The third-order valence-corrected chi connectivity index (χ3v) is 4.83. The molecule has 4 nitrogen and oxygen atoms in total. The van der Waals surface area contributed by atoms with Gasteiger partial charge in [0, 0.05) is 13.0 Å². The van der Waals surface area contributed by atoms with Crippen LogP contribution in [0.25, 0.3) is 0 Å². The molecule has 1 spiro atoms. The zero-order chi connectivity index (χ0) is 14.0. The molecule has 0 radical (unpaired) electrons. The Morgan fingerprint density at radius 2 is 1.74 bits per heavy atom. The predicted octanol–water partition coefficient (Wildman–Crippen LogP) is 2.07. The molecule has 19 heavy (non-hydrogen) atoms. The summed E-state index contributed by atoms with van der Waals surface area (Å²) in [5.41, 5.74) is 5.39. The fraction of sp³-hybridized carbons (Fsp3) is 0.867. The van der Waals surface area contributed by atoms with Crippen LogP contribution in [0.5, 0.6) is 0 Å². The molecule has 0 aromatic carbocycles. The van der Waals surface area contributed by atoms with E-state index in [1.807, 2.05) is 13.8 Å². The highest BCUT2D eigenvalue weighted by atomic mass is 16.2. The van der Waals surface area contributed by atoms with E-state index in [-0.39, 0.29) is 23.8 Å². The third kappa shape index (κ3) is 2.55. The highest BCUT2D eigenvalue weighted by Crippen LogP contribution is 2.45. The van der Waals surface area contributed by atoms with Gasteiger partial charge in [-0.1, -0.05) is 39.5 Å². The van der Waals surface area contributed by atoms with Gasteiger partial charge in [-0.2, -0.15) is 0 Å². The number of nitrogens with two attached hydrogens (primary N) is 1. The fourth-order valence-electron chi connectivity index (χ4n) is 3.63. The molecule has 2 aliphatic rings. The van der Waals surface area contributed by atoms with Crippen molar-refractivity contribution in [3.05, 3.63) is 0 Å². The lowest BCUT2D eigenvalue weighted by Gasteiger charge is -2.31. The molecular weight excluding hydrogens is 240 g/mol. The van der Waals surface area contributed by atoms with E-state index in [4.69, 9.17) is 5.73 Å². The van der Waals surface area contributed by atoms with E-state index >= 15 is 0 Å². The molecule has 1 aliphatic heterocycles. The molecule has 1 saturated carbocycles. The summed E-state index contributed by atoms with van der Waals surface area (Å²) in [6.45, 7) is 4.41. The Hall–Kier alpha value is -0.900. The predicted molar refractivity (Wildman–Crippen MR) is 74.3 cm³/mol. The van der Waals surface area contributed by atoms with Crippen molar-refractivity contribution in [2.45, 2.75) is 64.8 Å². The summed E-state index contributed by atoms with van der Waals surface area (Å²) in [6.07, 6.45) is 6.69. The molecule has 4 heteroatoms. The summed E-state index contributed by atoms with van der Waals surface area (Å²) in [7, 11) is 0. The quantitative estimate of drug-likeness (QED) is 0.795. The zero-order valence-corrected chi connectivity index (χ0v) is 12.2. The fourth-order valence-corrected chi connectivity index (χ4v) is 3.63. The van der Waals surface area contributed by atoms with Crippen molar-refractivity contribution >= 4 is 11.8 Å². The van der Waals surface area contributed by atoms with Gasteiger partial charge in [0.2, 0.25) is 11.8 Å². The molecule has 2 N–H and O–H groups in total. The molecule has 0 aromatic rings. The zero-order valence-electron chi connectivity index (χ0n) is 12.2. The average Bonchev–Trinajstić information content (AvgIpc) is 2.56. The lowest BCUT2D eigenvalue weighted by molar-refractivity contribution is -0.145. The van der Waals surface area contributed by atoms with Crippen LogP contribution in [-0.2, 0) is 9.59 Å². The number of amides is 2.